The molecule has 1 saturated heterocycles. The lowest BCUT2D eigenvalue weighted by Crippen LogP contribution is -2.49. The van der Waals surface area contributed by atoms with Gasteiger partial charge in [-0.3, -0.25) is 14.3 Å². The zero-order valence-electron chi connectivity index (χ0n) is 13.3. The van der Waals surface area contributed by atoms with Gasteiger partial charge in [0, 0.05) is 19.5 Å². The van der Waals surface area contributed by atoms with Crippen molar-refractivity contribution in [1.82, 2.24) is 19.6 Å². The van der Waals surface area contributed by atoms with Gasteiger partial charge in [-0.2, -0.15) is 5.10 Å². The van der Waals surface area contributed by atoms with E-state index in [1.165, 1.54) is 7.11 Å². The van der Waals surface area contributed by atoms with E-state index in [-0.39, 0.29) is 17.5 Å². The number of nitrogens with zero attached hydrogens (tertiary/aromatic N) is 4. The first-order valence-corrected chi connectivity index (χ1v) is 7.74. The van der Waals surface area contributed by atoms with E-state index in [1.807, 2.05) is 0 Å². The second-order valence-corrected chi connectivity index (χ2v) is 5.86. The van der Waals surface area contributed by atoms with Gasteiger partial charge in [0.2, 0.25) is 11.8 Å². The van der Waals surface area contributed by atoms with E-state index in [0.29, 0.717) is 32.6 Å². The van der Waals surface area contributed by atoms with E-state index in [1.54, 1.807) is 27.5 Å². The fraction of sp³-hybridized carbons (Fsp3) is 0.600. The molecule has 0 spiro atoms. The molecular formula is C15H20N4O4. The van der Waals surface area contributed by atoms with Crippen LogP contribution in [0.1, 0.15) is 35.9 Å². The Hall–Kier alpha value is -2.38. The monoisotopic (exact) mass is 320 g/mol. The van der Waals surface area contributed by atoms with Gasteiger partial charge in [0.1, 0.15) is 6.04 Å². The number of fused-ring (bicyclic) bond motifs is 1. The predicted octanol–water partition coefficient (Wildman–Crippen LogP) is 0.0228. The summed E-state index contributed by atoms with van der Waals surface area (Å²) < 4.78 is 6.39. The molecule has 0 aliphatic carbocycles. The molecule has 2 aliphatic rings. The number of carbonyl (C=O) groups excluding carboxylic acids is 3. The molecule has 124 valence electrons. The van der Waals surface area contributed by atoms with Gasteiger partial charge in [-0.1, -0.05) is 0 Å². The number of hydrogen-bond donors (Lipinski definition) is 0. The van der Waals surface area contributed by atoms with Crippen LogP contribution in [0, 0.1) is 0 Å². The third-order valence-corrected chi connectivity index (χ3v) is 4.44. The summed E-state index contributed by atoms with van der Waals surface area (Å²) in [5, 5.41) is 4.19. The number of aromatic nitrogens is 2. The zero-order chi connectivity index (χ0) is 16.6. The summed E-state index contributed by atoms with van der Waals surface area (Å²) in [5.74, 6) is -0.506. The lowest BCUT2D eigenvalue weighted by atomic mass is 10.2. The Labute approximate surface area is 134 Å². The highest BCUT2D eigenvalue weighted by Crippen LogP contribution is 2.19. The molecule has 1 atom stereocenters. The minimum Gasteiger partial charge on any atom is -0.464 e. The van der Waals surface area contributed by atoms with Gasteiger partial charge >= 0.3 is 5.97 Å². The van der Waals surface area contributed by atoms with Gasteiger partial charge in [-0.05, 0) is 19.4 Å². The van der Waals surface area contributed by atoms with Crippen LogP contribution in [0.15, 0.2) is 6.07 Å². The first kappa shape index (κ1) is 15.5. The molecule has 1 aromatic heterocycles. The predicted molar refractivity (Wildman–Crippen MR) is 79.4 cm³/mol. The van der Waals surface area contributed by atoms with Crippen molar-refractivity contribution in [2.45, 2.75) is 38.9 Å². The van der Waals surface area contributed by atoms with Gasteiger partial charge < -0.3 is 14.5 Å². The molecule has 3 rings (SSSR count). The first-order valence-electron chi connectivity index (χ1n) is 7.74. The number of amides is 2. The van der Waals surface area contributed by atoms with Crippen molar-refractivity contribution < 1.29 is 19.1 Å². The molecule has 1 aromatic rings. The van der Waals surface area contributed by atoms with Gasteiger partial charge in [-0.25, -0.2) is 4.79 Å². The molecule has 0 saturated carbocycles. The average molecular weight is 320 g/mol. The number of ether oxygens (including phenoxy) is 1. The second-order valence-electron chi connectivity index (χ2n) is 5.86. The molecule has 0 bridgehead atoms. The fourth-order valence-electron chi connectivity index (χ4n) is 3.13. The van der Waals surface area contributed by atoms with Crippen LogP contribution in [0.25, 0.3) is 0 Å². The summed E-state index contributed by atoms with van der Waals surface area (Å²) in [5.41, 5.74) is 1.05. The molecule has 23 heavy (non-hydrogen) atoms. The number of rotatable bonds is 3. The quantitative estimate of drug-likeness (QED) is 0.733. The van der Waals surface area contributed by atoms with E-state index in [4.69, 9.17) is 0 Å². The summed E-state index contributed by atoms with van der Waals surface area (Å²) in [4.78, 5) is 39.4. The van der Waals surface area contributed by atoms with Gasteiger partial charge in [0.25, 0.3) is 0 Å². The third kappa shape index (κ3) is 2.80. The molecule has 8 nitrogen and oxygen atoms in total. The van der Waals surface area contributed by atoms with E-state index in [0.717, 1.165) is 12.1 Å². The molecule has 0 aromatic carbocycles. The summed E-state index contributed by atoms with van der Waals surface area (Å²) >= 11 is 0. The van der Waals surface area contributed by atoms with Crippen LogP contribution in [0.3, 0.4) is 0 Å². The highest BCUT2D eigenvalue weighted by Gasteiger charge is 2.33. The minimum absolute atomic E-state index is 0.0425. The summed E-state index contributed by atoms with van der Waals surface area (Å²) in [6.07, 6.45) is 1.33. The fourth-order valence-corrected chi connectivity index (χ4v) is 3.13. The number of hydrogen-bond acceptors (Lipinski definition) is 5. The SMILES string of the molecule is COC(=O)c1cc2n(n1)CCN(C(=O)[C@@H](C)N1CCCC1=O)C2. The molecule has 0 unspecified atom stereocenters. The Morgan fingerprint density at radius 1 is 1.30 bits per heavy atom. The lowest BCUT2D eigenvalue weighted by molar-refractivity contribution is -0.143. The highest BCUT2D eigenvalue weighted by molar-refractivity contribution is 5.89. The van der Waals surface area contributed by atoms with Crippen molar-refractivity contribution in [1.29, 1.82) is 0 Å². The number of likely N-dealkylation sites (tertiary alicyclic amines) is 1. The van der Waals surface area contributed by atoms with Crippen molar-refractivity contribution in [3.05, 3.63) is 17.5 Å². The Balaban J connectivity index is 1.71. The molecule has 2 amide bonds. The number of methoxy groups -OCH3 is 1. The summed E-state index contributed by atoms with van der Waals surface area (Å²) in [6.45, 7) is 3.84. The smallest absolute Gasteiger partial charge is 0.358 e. The van der Waals surface area contributed by atoms with Crippen molar-refractivity contribution in [3.63, 3.8) is 0 Å². The Morgan fingerprint density at radius 2 is 2.09 bits per heavy atom. The van der Waals surface area contributed by atoms with Gasteiger partial charge in [0.15, 0.2) is 5.69 Å². The average Bonchev–Trinajstić information content (AvgIpc) is 3.17. The molecule has 8 heteroatoms. The minimum atomic E-state index is -0.485. The molecule has 0 N–H and O–H groups in total. The maximum atomic E-state index is 12.6. The summed E-state index contributed by atoms with van der Waals surface area (Å²) in [7, 11) is 1.31. The normalized spacial score (nSPS) is 18.8. The van der Waals surface area contributed by atoms with E-state index >= 15 is 0 Å². The van der Waals surface area contributed by atoms with Gasteiger partial charge in [-0.15, -0.1) is 0 Å². The van der Waals surface area contributed by atoms with Crippen molar-refractivity contribution >= 4 is 17.8 Å². The van der Waals surface area contributed by atoms with Crippen LogP contribution >= 0.6 is 0 Å². The van der Waals surface area contributed by atoms with Crippen LogP contribution in [0.5, 0.6) is 0 Å². The molecule has 1 fully saturated rings. The Kier molecular flexibility index (Phi) is 4.06. The number of carbonyl (C=O) groups is 3. The van der Waals surface area contributed by atoms with E-state index < -0.39 is 12.0 Å². The van der Waals surface area contributed by atoms with Crippen molar-refractivity contribution in [2.75, 3.05) is 20.2 Å². The standard InChI is InChI=1S/C15H20N4O4/c1-10(18-5-3-4-13(18)20)14(21)17-6-7-19-11(9-17)8-12(16-19)15(22)23-2/h8,10H,3-7,9H2,1-2H3/t10-/m1/s1. The second kappa shape index (κ2) is 6.02. The molecular weight excluding hydrogens is 300 g/mol. The molecule has 3 heterocycles. The maximum absolute atomic E-state index is 12.6. The van der Waals surface area contributed by atoms with Crippen molar-refractivity contribution in [3.8, 4) is 0 Å². The Morgan fingerprint density at radius 3 is 2.74 bits per heavy atom. The zero-order valence-corrected chi connectivity index (χ0v) is 13.3. The first-order chi connectivity index (χ1) is 11.0. The third-order valence-electron chi connectivity index (χ3n) is 4.44. The highest BCUT2D eigenvalue weighted by atomic mass is 16.5. The van der Waals surface area contributed by atoms with Crippen LogP contribution in [-0.4, -0.2) is 63.6 Å². The molecule has 2 aliphatic heterocycles. The van der Waals surface area contributed by atoms with Crippen LogP contribution in [0.2, 0.25) is 0 Å². The van der Waals surface area contributed by atoms with Crippen LogP contribution < -0.4 is 0 Å². The van der Waals surface area contributed by atoms with Crippen LogP contribution in [0.4, 0.5) is 0 Å². The van der Waals surface area contributed by atoms with E-state index in [2.05, 4.69) is 9.84 Å². The van der Waals surface area contributed by atoms with Crippen LogP contribution in [-0.2, 0) is 27.4 Å². The number of esters is 1. The lowest BCUT2D eigenvalue weighted by Gasteiger charge is -2.33. The largest absolute Gasteiger partial charge is 0.464 e. The maximum Gasteiger partial charge on any atom is 0.358 e. The Bertz CT molecular complexity index is 654. The van der Waals surface area contributed by atoms with Gasteiger partial charge in [0.05, 0.1) is 25.9 Å². The topological polar surface area (TPSA) is 84.7 Å². The molecule has 0 radical (unpaired) electrons. The van der Waals surface area contributed by atoms with E-state index in [9.17, 15) is 14.4 Å². The van der Waals surface area contributed by atoms with Crippen molar-refractivity contribution in [2.24, 2.45) is 0 Å². The summed E-state index contributed by atoms with van der Waals surface area (Å²) in [6, 6.07) is 1.20.